The first-order valence-corrected chi connectivity index (χ1v) is 9.26. The Kier molecular flexibility index (Phi) is 5.30. The van der Waals surface area contributed by atoms with Gasteiger partial charge in [0.05, 0.1) is 7.11 Å². The van der Waals surface area contributed by atoms with Gasteiger partial charge in [-0.2, -0.15) is 0 Å². The molecule has 0 aromatic heterocycles. The Labute approximate surface area is 149 Å². The van der Waals surface area contributed by atoms with Gasteiger partial charge >= 0.3 is 0 Å². The van der Waals surface area contributed by atoms with Gasteiger partial charge in [-0.05, 0) is 49.7 Å². The lowest BCUT2D eigenvalue weighted by molar-refractivity contribution is -0.145. The third kappa shape index (κ3) is 3.80. The standard InChI is InChI=1S/C20H28N2O3/c1-15-6-5-13-22(14-15)19(24)20(10-11-20)18(23)21-12-9-16-7-3-4-8-17(16)25-2/h3-4,7-8,15H,5-6,9-14H2,1-2H3,(H,21,23). The minimum atomic E-state index is -0.794. The number of rotatable bonds is 6. The molecule has 1 aromatic rings. The molecule has 1 aliphatic heterocycles. The molecule has 1 heterocycles. The number of nitrogens with one attached hydrogen (secondary N) is 1. The summed E-state index contributed by atoms with van der Waals surface area (Å²) < 4.78 is 5.34. The summed E-state index contributed by atoms with van der Waals surface area (Å²) >= 11 is 0. The summed E-state index contributed by atoms with van der Waals surface area (Å²) in [6, 6.07) is 7.81. The summed E-state index contributed by atoms with van der Waals surface area (Å²) in [6.45, 7) is 4.27. The van der Waals surface area contributed by atoms with Gasteiger partial charge in [0.1, 0.15) is 11.2 Å². The fourth-order valence-electron chi connectivity index (χ4n) is 3.73. The van der Waals surface area contributed by atoms with Crippen LogP contribution >= 0.6 is 0 Å². The van der Waals surface area contributed by atoms with E-state index in [9.17, 15) is 9.59 Å². The van der Waals surface area contributed by atoms with E-state index >= 15 is 0 Å². The summed E-state index contributed by atoms with van der Waals surface area (Å²) in [5.74, 6) is 1.29. The van der Waals surface area contributed by atoms with E-state index < -0.39 is 5.41 Å². The second kappa shape index (κ2) is 7.46. The fourth-order valence-corrected chi connectivity index (χ4v) is 3.73. The molecule has 136 valence electrons. The average Bonchev–Trinajstić information content (AvgIpc) is 3.43. The zero-order valence-corrected chi connectivity index (χ0v) is 15.2. The number of ether oxygens (including phenoxy) is 1. The zero-order valence-electron chi connectivity index (χ0n) is 15.2. The number of carbonyl (C=O) groups is 2. The molecule has 1 unspecified atom stereocenters. The van der Waals surface area contributed by atoms with E-state index in [0.717, 1.165) is 30.8 Å². The molecule has 2 fully saturated rings. The molecule has 2 amide bonds. The van der Waals surface area contributed by atoms with Crippen molar-refractivity contribution in [2.75, 3.05) is 26.7 Å². The minimum absolute atomic E-state index is 0.0360. The third-order valence-electron chi connectivity index (χ3n) is 5.41. The highest BCUT2D eigenvalue weighted by atomic mass is 16.5. The Morgan fingerprint density at radius 1 is 1.32 bits per heavy atom. The first kappa shape index (κ1) is 17.8. The number of para-hydroxylation sites is 1. The van der Waals surface area contributed by atoms with Gasteiger partial charge in [-0.15, -0.1) is 0 Å². The van der Waals surface area contributed by atoms with E-state index in [0.29, 0.717) is 31.7 Å². The lowest BCUT2D eigenvalue weighted by Crippen LogP contribution is -2.48. The Bertz CT molecular complexity index is 640. The first-order chi connectivity index (χ1) is 12.1. The predicted octanol–water partition coefficient (Wildman–Crippen LogP) is 2.39. The van der Waals surface area contributed by atoms with E-state index in [2.05, 4.69) is 12.2 Å². The van der Waals surface area contributed by atoms with Crippen molar-refractivity contribution in [3.05, 3.63) is 29.8 Å². The number of methoxy groups -OCH3 is 1. The number of nitrogens with zero attached hydrogens (tertiary/aromatic N) is 1. The maximum Gasteiger partial charge on any atom is 0.238 e. The van der Waals surface area contributed by atoms with Gasteiger partial charge in [0.15, 0.2) is 0 Å². The summed E-state index contributed by atoms with van der Waals surface area (Å²) in [5.41, 5.74) is 0.268. The van der Waals surface area contributed by atoms with Crippen molar-refractivity contribution in [3.63, 3.8) is 0 Å². The van der Waals surface area contributed by atoms with Crippen LogP contribution in [0.25, 0.3) is 0 Å². The molecule has 5 heteroatoms. The van der Waals surface area contributed by atoms with Crippen LogP contribution in [0.1, 0.15) is 38.2 Å². The van der Waals surface area contributed by atoms with E-state index in [1.807, 2.05) is 29.2 Å². The van der Waals surface area contributed by atoms with Gasteiger partial charge in [0.2, 0.25) is 11.8 Å². The Hall–Kier alpha value is -2.04. The molecule has 1 atom stereocenters. The van der Waals surface area contributed by atoms with E-state index in [1.54, 1.807) is 7.11 Å². The zero-order chi connectivity index (χ0) is 17.9. The molecule has 1 N–H and O–H groups in total. The van der Waals surface area contributed by atoms with Gasteiger partial charge in [-0.1, -0.05) is 25.1 Å². The smallest absolute Gasteiger partial charge is 0.238 e. The molecule has 1 aliphatic carbocycles. The van der Waals surface area contributed by atoms with Crippen LogP contribution in [0, 0.1) is 11.3 Å². The molecule has 1 saturated carbocycles. The topological polar surface area (TPSA) is 58.6 Å². The van der Waals surface area contributed by atoms with Crippen LogP contribution in [-0.4, -0.2) is 43.5 Å². The van der Waals surface area contributed by atoms with Crippen LogP contribution in [-0.2, 0) is 16.0 Å². The van der Waals surface area contributed by atoms with Gasteiger partial charge in [0.25, 0.3) is 0 Å². The van der Waals surface area contributed by atoms with Crippen molar-refractivity contribution in [2.45, 2.75) is 39.0 Å². The summed E-state index contributed by atoms with van der Waals surface area (Å²) in [6.07, 6.45) is 4.26. The number of hydrogen-bond acceptors (Lipinski definition) is 3. The molecule has 1 aromatic carbocycles. The Morgan fingerprint density at radius 2 is 2.08 bits per heavy atom. The van der Waals surface area contributed by atoms with Gasteiger partial charge in [-0.25, -0.2) is 0 Å². The van der Waals surface area contributed by atoms with Gasteiger partial charge < -0.3 is 15.0 Å². The average molecular weight is 344 g/mol. The number of hydrogen-bond donors (Lipinski definition) is 1. The number of benzene rings is 1. The van der Waals surface area contributed by atoms with Crippen LogP contribution in [0.2, 0.25) is 0 Å². The first-order valence-electron chi connectivity index (χ1n) is 9.26. The van der Waals surface area contributed by atoms with Crippen LogP contribution in [0.5, 0.6) is 5.75 Å². The fraction of sp³-hybridized carbons (Fsp3) is 0.600. The molecule has 0 spiro atoms. The molecule has 0 bridgehead atoms. The third-order valence-corrected chi connectivity index (χ3v) is 5.41. The molecule has 3 rings (SSSR count). The normalized spacial score (nSPS) is 21.5. The highest BCUT2D eigenvalue weighted by Crippen LogP contribution is 2.48. The number of likely N-dealkylation sites (tertiary alicyclic amines) is 1. The van der Waals surface area contributed by atoms with E-state index in [-0.39, 0.29) is 11.8 Å². The maximum atomic E-state index is 12.8. The highest BCUT2D eigenvalue weighted by Gasteiger charge is 2.58. The molecule has 5 nitrogen and oxygen atoms in total. The lowest BCUT2D eigenvalue weighted by atomic mass is 9.96. The monoisotopic (exact) mass is 344 g/mol. The van der Waals surface area contributed by atoms with Crippen LogP contribution in [0.3, 0.4) is 0 Å². The van der Waals surface area contributed by atoms with Gasteiger partial charge in [-0.3, -0.25) is 9.59 Å². The SMILES string of the molecule is COc1ccccc1CCNC(=O)C1(C(=O)N2CCCC(C)C2)CC1. The molecular weight excluding hydrogens is 316 g/mol. The van der Waals surface area contributed by atoms with E-state index in [1.165, 1.54) is 6.42 Å². The second-order valence-electron chi connectivity index (χ2n) is 7.40. The molecule has 25 heavy (non-hydrogen) atoms. The predicted molar refractivity (Wildman–Crippen MR) is 96.4 cm³/mol. The van der Waals surface area contributed by atoms with Crippen molar-refractivity contribution < 1.29 is 14.3 Å². The Morgan fingerprint density at radius 3 is 2.76 bits per heavy atom. The van der Waals surface area contributed by atoms with Crippen molar-refractivity contribution in [1.82, 2.24) is 10.2 Å². The summed E-state index contributed by atoms with van der Waals surface area (Å²) in [4.78, 5) is 27.4. The molecule has 0 radical (unpaired) electrons. The van der Waals surface area contributed by atoms with Crippen LogP contribution < -0.4 is 10.1 Å². The van der Waals surface area contributed by atoms with Crippen molar-refractivity contribution >= 4 is 11.8 Å². The van der Waals surface area contributed by atoms with Crippen molar-refractivity contribution in [3.8, 4) is 5.75 Å². The molecular formula is C20H28N2O3. The number of piperidine rings is 1. The van der Waals surface area contributed by atoms with Gasteiger partial charge in [0, 0.05) is 19.6 Å². The molecule has 2 aliphatic rings. The van der Waals surface area contributed by atoms with Crippen molar-refractivity contribution in [1.29, 1.82) is 0 Å². The largest absolute Gasteiger partial charge is 0.496 e. The maximum absolute atomic E-state index is 12.8. The summed E-state index contributed by atoms with van der Waals surface area (Å²) in [7, 11) is 1.65. The van der Waals surface area contributed by atoms with Crippen LogP contribution in [0.15, 0.2) is 24.3 Å². The number of amides is 2. The lowest BCUT2D eigenvalue weighted by Gasteiger charge is -2.33. The molecule has 1 saturated heterocycles. The highest BCUT2D eigenvalue weighted by molar-refractivity contribution is 6.07. The Balaban J connectivity index is 1.54. The second-order valence-corrected chi connectivity index (χ2v) is 7.40. The van der Waals surface area contributed by atoms with E-state index in [4.69, 9.17) is 4.74 Å². The summed E-state index contributed by atoms with van der Waals surface area (Å²) in [5, 5.41) is 2.97. The quantitative estimate of drug-likeness (QED) is 0.806. The minimum Gasteiger partial charge on any atom is -0.496 e. The van der Waals surface area contributed by atoms with Crippen LogP contribution in [0.4, 0.5) is 0 Å². The number of carbonyl (C=O) groups excluding carboxylic acids is 2. The van der Waals surface area contributed by atoms with Crippen molar-refractivity contribution in [2.24, 2.45) is 11.3 Å².